The quantitative estimate of drug-likeness (QED) is 0.230. The van der Waals surface area contributed by atoms with Crippen LogP contribution in [-0.4, -0.2) is 10.8 Å². The number of hydrogen-bond acceptors (Lipinski definition) is 3. The van der Waals surface area contributed by atoms with E-state index in [0.29, 0.717) is 11.4 Å². The average Bonchev–Trinajstić information content (AvgIpc) is 2.80. The van der Waals surface area contributed by atoms with Crippen LogP contribution < -0.4 is 9.30 Å². The Morgan fingerprint density at radius 2 is 1.47 bits per heavy atom. The van der Waals surface area contributed by atoms with Gasteiger partial charge in [0.25, 0.3) is 5.88 Å². The molecular formula is C26H19N2O2+. The fraction of sp³-hybridized carbons (Fsp3) is 0.0385. The van der Waals surface area contributed by atoms with E-state index < -0.39 is 0 Å². The number of Topliss-reactive ketones (excluding diaryl/α,β-unsaturated/α-hetero) is 1. The van der Waals surface area contributed by atoms with Gasteiger partial charge < -0.3 is 4.74 Å². The van der Waals surface area contributed by atoms with E-state index in [4.69, 9.17) is 4.74 Å². The van der Waals surface area contributed by atoms with Crippen LogP contribution in [0.25, 0.3) is 21.5 Å². The zero-order valence-electron chi connectivity index (χ0n) is 16.2. The Bertz CT molecular complexity index is 1310. The van der Waals surface area contributed by atoms with Crippen molar-refractivity contribution in [3.63, 3.8) is 0 Å². The van der Waals surface area contributed by atoms with Crippen LogP contribution >= 0.6 is 0 Å². The number of nitrogens with zero attached hydrogens (tertiary/aromatic N) is 2. The summed E-state index contributed by atoms with van der Waals surface area (Å²) in [6.45, 7) is 0.221. The number of hydrogen-bond donors (Lipinski definition) is 0. The molecule has 0 saturated heterocycles. The van der Waals surface area contributed by atoms with E-state index in [9.17, 15) is 4.79 Å². The molecule has 0 bridgehead atoms. The molecule has 0 aliphatic carbocycles. The van der Waals surface area contributed by atoms with Crippen LogP contribution in [0.3, 0.4) is 0 Å². The van der Waals surface area contributed by atoms with Gasteiger partial charge in [0.15, 0.2) is 6.20 Å². The number of fused-ring (bicyclic) bond motifs is 2. The molecule has 0 fully saturated rings. The van der Waals surface area contributed by atoms with Gasteiger partial charge in [-0.1, -0.05) is 78.9 Å². The van der Waals surface area contributed by atoms with Gasteiger partial charge in [0.05, 0.1) is 6.20 Å². The molecule has 5 rings (SSSR count). The topological polar surface area (TPSA) is 43.1 Å². The lowest BCUT2D eigenvalue weighted by Crippen LogP contribution is -2.37. The lowest BCUT2D eigenvalue weighted by atomic mass is 10.0. The average molecular weight is 391 g/mol. The molecule has 0 saturated carbocycles. The monoisotopic (exact) mass is 391 g/mol. The van der Waals surface area contributed by atoms with Crippen molar-refractivity contribution in [1.82, 2.24) is 4.98 Å². The Balaban J connectivity index is 1.51. The van der Waals surface area contributed by atoms with E-state index in [1.165, 1.54) is 0 Å². The normalized spacial score (nSPS) is 10.9. The van der Waals surface area contributed by atoms with E-state index in [1.807, 2.05) is 66.7 Å². The SMILES string of the molecule is O=C(C[n+]1ccnc(Oc2c3ccccc3cc3ccccc23)c1)c1ccccc1. The third kappa shape index (κ3) is 3.51. The zero-order valence-corrected chi connectivity index (χ0v) is 16.2. The molecule has 144 valence electrons. The van der Waals surface area contributed by atoms with Crippen molar-refractivity contribution in [2.24, 2.45) is 0 Å². The third-order valence-corrected chi connectivity index (χ3v) is 5.09. The minimum atomic E-state index is 0.0355. The molecule has 1 aromatic heterocycles. The van der Waals surface area contributed by atoms with Gasteiger partial charge in [-0.05, 0) is 16.8 Å². The maximum Gasteiger partial charge on any atom is 0.285 e. The van der Waals surface area contributed by atoms with Crippen molar-refractivity contribution in [2.45, 2.75) is 6.54 Å². The highest BCUT2D eigenvalue weighted by atomic mass is 16.5. The second-order valence-electron chi connectivity index (χ2n) is 7.11. The van der Waals surface area contributed by atoms with Crippen LogP contribution in [0, 0.1) is 0 Å². The summed E-state index contributed by atoms with van der Waals surface area (Å²) in [6.07, 6.45) is 5.19. The number of ether oxygens (including phenoxy) is 1. The Hall–Kier alpha value is -4.05. The number of carbonyl (C=O) groups excluding carboxylic acids is 1. The number of benzene rings is 4. The van der Waals surface area contributed by atoms with E-state index in [1.54, 1.807) is 23.2 Å². The summed E-state index contributed by atoms with van der Waals surface area (Å²) >= 11 is 0. The molecule has 0 aliphatic heterocycles. The Morgan fingerprint density at radius 3 is 2.17 bits per heavy atom. The van der Waals surface area contributed by atoms with E-state index in [-0.39, 0.29) is 12.3 Å². The Kier molecular flexibility index (Phi) is 4.66. The highest BCUT2D eigenvalue weighted by Gasteiger charge is 2.15. The maximum absolute atomic E-state index is 12.6. The van der Waals surface area contributed by atoms with Gasteiger partial charge in [0, 0.05) is 16.3 Å². The highest BCUT2D eigenvalue weighted by molar-refractivity contribution is 6.05. The van der Waals surface area contributed by atoms with Crippen molar-refractivity contribution in [3.05, 3.63) is 109 Å². The molecule has 5 aromatic rings. The molecule has 0 amide bonds. The lowest BCUT2D eigenvalue weighted by molar-refractivity contribution is -0.683. The molecule has 4 heteroatoms. The summed E-state index contributed by atoms with van der Waals surface area (Å²) in [4.78, 5) is 16.9. The summed E-state index contributed by atoms with van der Waals surface area (Å²) in [7, 11) is 0. The molecule has 0 unspecified atom stereocenters. The first-order valence-corrected chi connectivity index (χ1v) is 9.80. The van der Waals surface area contributed by atoms with Gasteiger partial charge in [-0.3, -0.25) is 4.79 Å². The van der Waals surface area contributed by atoms with E-state index in [0.717, 1.165) is 27.3 Å². The van der Waals surface area contributed by atoms with Crippen molar-refractivity contribution in [2.75, 3.05) is 0 Å². The molecule has 0 N–H and O–H groups in total. The fourth-order valence-corrected chi connectivity index (χ4v) is 3.63. The van der Waals surface area contributed by atoms with Gasteiger partial charge in [-0.2, -0.15) is 4.57 Å². The Morgan fingerprint density at radius 1 is 0.833 bits per heavy atom. The first kappa shape index (κ1) is 18.0. The summed E-state index contributed by atoms with van der Waals surface area (Å²) in [5.41, 5.74) is 0.685. The van der Waals surface area contributed by atoms with Crippen molar-refractivity contribution < 1.29 is 14.1 Å². The van der Waals surface area contributed by atoms with Crippen LogP contribution in [0.15, 0.2) is 104 Å². The van der Waals surface area contributed by atoms with Crippen molar-refractivity contribution in [1.29, 1.82) is 0 Å². The summed E-state index contributed by atoms with van der Waals surface area (Å²) in [6, 6.07) is 27.7. The van der Waals surface area contributed by atoms with Crippen LogP contribution in [0.2, 0.25) is 0 Å². The van der Waals surface area contributed by atoms with Crippen molar-refractivity contribution in [3.8, 4) is 11.6 Å². The van der Waals surface area contributed by atoms with Gasteiger partial charge >= 0.3 is 0 Å². The fourth-order valence-electron chi connectivity index (χ4n) is 3.63. The number of aromatic nitrogens is 2. The second-order valence-corrected chi connectivity index (χ2v) is 7.11. The molecule has 0 spiro atoms. The van der Waals surface area contributed by atoms with Gasteiger partial charge in [0.1, 0.15) is 5.75 Å². The molecular weight excluding hydrogens is 372 g/mol. The summed E-state index contributed by atoms with van der Waals surface area (Å²) < 4.78 is 8.09. The zero-order chi connectivity index (χ0) is 20.3. The summed E-state index contributed by atoms with van der Waals surface area (Å²) in [5.74, 6) is 1.25. The number of ketones is 1. The van der Waals surface area contributed by atoms with Crippen LogP contribution in [-0.2, 0) is 6.54 Å². The molecule has 0 radical (unpaired) electrons. The standard InChI is InChI=1S/C26H19N2O2/c29-24(19-8-2-1-3-9-19)17-28-15-14-27-25(18-28)30-26-22-12-6-4-10-20(22)16-21-11-5-7-13-23(21)26/h1-16,18H,17H2/q+1. The minimum absolute atomic E-state index is 0.0355. The molecule has 0 aliphatic rings. The van der Waals surface area contributed by atoms with E-state index in [2.05, 4.69) is 23.2 Å². The lowest BCUT2D eigenvalue weighted by Gasteiger charge is -2.11. The van der Waals surface area contributed by atoms with Gasteiger partial charge in [-0.25, -0.2) is 4.98 Å². The molecule has 4 aromatic carbocycles. The largest absolute Gasteiger partial charge is 0.433 e. The molecule has 1 heterocycles. The summed E-state index contributed by atoms with van der Waals surface area (Å²) in [5, 5.41) is 4.26. The van der Waals surface area contributed by atoms with Gasteiger partial charge in [-0.15, -0.1) is 0 Å². The van der Waals surface area contributed by atoms with Crippen LogP contribution in [0.4, 0.5) is 0 Å². The molecule has 30 heavy (non-hydrogen) atoms. The predicted molar refractivity (Wildman–Crippen MR) is 117 cm³/mol. The Labute approximate surface area is 174 Å². The predicted octanol–water partition coefficient (Wildman–Crippen LogP) is 5.35. The molecule has 4 nitrogen and oxygen atoms in total. The molecule has 0 atom stereocenters. The first-order chi connectivity index (χ1) is 14.8. The first-order valence-electron chi connectivity index (χ1n) is 9.80. The highest BCUT2D eigenvalue weighted by Crippen LogP contribution is 2.36. The van der Waals surface area contributed by atoms with Crippen LogP contribution in [0.5, 0.6) is 11.6 Å². The number of carbonyl (C=O) groups is 1. The minimum Gasteiger partial charge on any atom is -0.433 e. The number of rotatable bonds is 5. The second kappa shape index (κ2) is 7.76. The third-order valence-electron chi connectivity index (χ3n) is 5.09. The maximum atomic E-state index is 12.6. The van der Waals surface area contributed by atoms with Crippen LogP contribution in [0.1, 0.15) is 10.4 Å². The van der Waals surface area contributed by atoms with Gasteiger partial charge in [0.2, 0.25) is 18.5 Å². The van der Waals surface area contributed by atoms with E-state index >= 15 is 0 Å². The smallest absolute Gasteiger partial charge is 0.285 e. The van der Waals surface area contributed by atoms with Crippen molar-refractivity contribution >= 4 is 27.3 Å².